The lowest BCUT2D eigenvalue weighted by molar-refractivity contribution is 0.770. The van der Waals surface area contributed by atoms with Gasteiger partial charge in [-0.2, -0.15) is 0 Å². The van der Waals surface area contributed by atoms with Crippen LogP contribution in [0.1, 0.15) is 6.42 Å². The maximum absolute atomic E-state index is 11.6. The highest BCUT2D eigenvalue weighted by Gasteiger charge is 2.15. The molecule has 0 spiro atoms. The average Bonchev–Trinajstić information content (AvgIpc) is 2.66. The van der Waals surface area contributed by atoms with E-state index in [-0.39, 0.29) is 5.56 Å². The van der Waals surface area contributed by atoms with Gasteiger partial charge in [0.1, 0.15) is 0 Å². The minimum Gasteiger partial charge on any atom is -0.361 e. The fourth-order valence-corrected chi connectivity index (χ4v) is 1.57. The topological polar surface area (TPSA) is 59.0 Å². The molecular weight excluding hydrogens is 180 g/mol. The molecule has 1 aliphatic rings. The largest absolute Gasteiger partial charge is 0.361 e. The minimum absolute atomic E-state index is 0.0700. The monoisotopic (exact) mass is 194 g/mol. The molecule has 2 N–H and O–H groups in total. The quantitative estimate of drug-likeness (QED) is 0.669. The molecule has 0 aliphatic carbocycles. The van der Waals surface area contributed by atoms with Gasteiger partial charge in [0.25, 0.3) is 5.56 Å². The van der Waals surface area contributed by atoms with Gasteiger partial charge in [-0.15, -0.1) is 0 Å². The second-order valence-corrected chi connectivity index (χ2v) is 3.53. The van der Waals surface area contributed by atoms with Crippen molar-refractivity contribution in [2.24, 2.45) is 7.05 Å². The normalized spacial score (nSPS) is 21.1. The number of nitrogens with one attached hydrogen (secondary N) is 2. The van der Waals surface area contributed by atoms with Crippen LogP contribution in [0.3, 0.4) is 0 Å². The first-order chi connectivity index (χ1) is 6.77. The fourth-order valence-electron chi connectivity index (χ4n) is 1.57. The molecule has 14 heavy (non-hydrogen) atoms. The molecule has 1 unspecified atom stereocenters. The van der Waals surface area contributed by atoms with E-state index in [1.807, 2.05) is 0 Å². The molecule has 0 amide bonds. The Balaban J connectivity index is 2.16. The van der Waals surface area contributed by atoms with Gasteiger partial charge in [0.2, 0.25) is 0 Å². The number of aryl methyl sites for hydroxylation is 1. The zero-order valence-electron chi connectivity index (χ0n) is 8.16. The Morgan fingerprint density at radius 2 is 2.57 bits per heavy atom. The van der Waals surface area contributed by atoms with Gasteiger partial charge in [-0.05, 0) is 13.0 Å². The summed E-state index contributed by atoms with van der Waals surface area (Å²) in [6, 6.07) is 0.331. The Hall–Kier alpha value is -1.36. The van der Waals surface area contributed by atoms with Crippen LogP contribution in [0.5, 0.6) is 0 Å². The van der Waals surface area contributed by atoms with E-state index in [1.165, 1.54) is 4.57 Å². The van der Waals surface area contributed by atoms with Gasteiger partial charge < -0.3 is 15.2 Å². The summed E-state index contributed by atoms with van der Waals surface area (Å²) in [5.41, 5.74) is -0.0700. The lowest BCUT2D eigenvalue weighted by Crippen LogP contribution is -2.29. The van der Waals surface area contributed by atoms with Crippen molar-refractivity contribution in [1.82, 2.24) is 14.9 Å². The smallest absolute Gasteiger partial charge is 0.293 e. The molecule has 2 heterocycles. The second-order valence-electron chi connectivity index (χ2n) is 3.53. The molecule has 1 aromatic heterocycles. The summed E-state index contributed by atoms with van der Waals surface area (Å²) >= 11 is 0. The van der Waals surface area contributed by atoms with E-state index in [4.69, 9.17) is 0 Å². The Labute approximate surface area is 82.2 Å². The first kappa shape index (κ1) is 9.21. The summed E-state index contributed by atoms with van der Waals surface area (Å²) in [6.45, 7) is 1.91. The van der Waals surface area contributed by atoms with E-state index in [1.54, 1.807) is 19.4 Å². The van der Waals surface area contributed by atoms with E-state index >= 15 is 0 Å². The van der Waals surface area contributed by atoms with Gasteiger partial charge in [-0.3, -0.25) is 4.79 Å². The highest BCUT2D eigenvalue weighted by molar-refractivity contribution is 5.32. The average molecular weight is 194 g/mol. The van der Waals surface area contributed by atoms with Crippen LogP contribution >= 0.6 is 0 Å². The maximum atomic E-state index is 11.6. The van der Waals surface area contributed by atoms with E-state index in [2.05, 4.69) is 15.6 Å². The highest BCUT2D eigenvalue weighted by Crippen LogP contribution is 2.03. The van der Waals surface area contributed by atoms with Gasteiger partial charge >= 0.3 is 0 Å². The van der Waals surface area contributed by atoms with Crippen molar-refractivity contribution in [3.63, 3.8) is 0 Å². The van der Waals surface area contributed by atoms with Crippen molar-refractivity contribution in [2.45, 2.75) is 12.5 Å². The van der Waals surface area contributed by atoms with Crippen LogP contribution in [-0.4, -0.2) is 28.7 Å². The highest BCUT2D eigenvalue weighted by atomic mass is 16.1. The van der Waals surface area contributed by atoms with Crippen LogP contribution in [0.4, 0.5) is 5.82 Å². The van der Waals surface area contributed by atoms with Crippen LogP contribution in [0, 0.1) is 0 Å². The summed E-state index contributed by atoms with van der Waals surface area (Å²) < 4.78 is 1.53. The molecule has 1 saturated heterocycles. The third-order valence-electron chi connectivity index (χ3n) is 2.42. The SMILES string of the molecule is Cn1ccnc(NC2CCNC2)c1=O. The second kappa shape index (κ2) is 3.79. The van der Waals surface area contributed by atoms with Crippen molar-refractivity contribution in [1.29, 1.82) is 0 Å². The molecular formula is C9H14N4O. The molecule has 2 rings (SSSR count). The van der Waals surface area contributed by atoms with Crippen molar-refractivity contribution in [2.75, 3.05) is 18.4 Å². The van der Waals surface area contributed by atoms with Crippen molar-refractivity contribution < 1.29 is 0 Å². The third kappa shape index (κ3) is 1.77. The maximum Gasteiger partial charge on any atom is 0.293 e. The number of aromatic nitrogens is 2. The predicted octanol–water partition coefficient (Wildman–Crippen LogP) is -0.446. The van der Waals surface area contributed by atoms with Crippen LogP contribution in [0.15, 0.2) is 17.2 Å². The zero-order chi connectivity index (χ0) is 9.97. The minimum atomic E-state index is -0.0700. The zero-order valence-corrected chi connectivity index (χ0v) is 8.16. The molecule has 1 atom stereocenters. The number of rotatable bonds is 2. The van der Waals surface area contributed by atoms with Crippen LogP contribution in [0.2, 0.25) is 0 Å². The van der Waals surface area contributed by atoms with Crippen molar-refractivity contribution in [3.8, 4) is 0 Å². The molecule has 5 heteroatoms. The summed E-state index contributed by atoms with van der Waals surface area (Å²) in [5, 5.41) is 6.37. The summed E-state index contributed by atoms with van der Waals surface area (Å²) in [6.07, 6.45) is 4.33. The number of hydrogen-bond acceptors (Lipinski definition) is 4. The van der Waals surface area contributed by atoms with E-state index in [9.17, 15) is 4.79 Å². The molecule has 1 aromatic rings. The Morgan fingerprint density at radius 1 is 1.71 bits per heavy atom. The third-order valence-corrected chi connectivity index (χ3v) is 2.42. The molecule has 0 radical (unpaired) electrons. The van der Waals surface area contributed by atoms with Crippen LogP contribution in [0.25, 0.3) is 0 Å². The molecule has 0 saturated carbocycles. The van der Waals surface area contributed by atoms with Gasteiger partial charge in [0, 0.05) is 32.0 Å². The summed E-state index contributed by atoms with van der Waals surface area (Å²) in [5.74, 6) is 0.448. The van der Waals surface area contributed by atoms with Gasteiger partial charge in [0.15, 0.2) is 5.82 Å². The van der Waals surface area contributed by atoms with E-state index in [0.717, 1.165) is 19.5 Å². The Morgan fingerprint density at radius 3 is 3.29 bits per heavy atom. The molecule has 1 fully saturated rings. The number of nitrogens with zero attached hydrogens (tertiary/aromatic N) is 2. The van der Waals surface area contributed by atoms with Crippen LogP contribution in [-0.2, 0) is 7.05 Å². The number of hydrogen-bond donors (Lipinski definition) is 2. The van der Waals surface area contributed by atoms with Crippen LogP contribution < -0.4 is 16.2 Å². The summed E-state index contributed by atoms with van der Waals surface area (Å²) in [7, 11) is 1.72. The van der Waals surface area contributed by atoms with Gasteiger partial charge in [-0.25, -0.2) is 4.98 Å². The Bertz CT molecular complexity index is 367. The standard InChI is InChI=1S/C9H14N4O/c1-13-5-4-11-8(9(13)14)12-7-2-3-10-6-7/h4-5,7,10H,2-3,6H2,1H3,(H,11,12). The lowest BCUT2D eigenvalue weighted by atomic mass is 10.2. The van der Waals surface area contributed by atoms with Gasteiger partial charge in [-0.1, -0.05) is 0 Å². The molecule has 0 bridgehead atoms. The summed E-state index contributed by atoms with van der Waals surface area (Å²) in [4.78, 5) is 15.6. The lowest BCUT2D eigenvalue weighted by Gasteiger charge is -2.11. The fraction of sp³-hybridized carbons (Fsp3) is 0.556. The molecule has 1 aliphatic heterocycles. The van der Waals surface area contributed by atoms with Crippen molar-refractivity contribution >= 4 is 5.82 Å². The molecule has 0 aromatic carbocycles. The van der Waals surface area contributed by atoms with Crippen molar-refractivity contribution in [3.05, 3.63) is 22.7 Å². The Kier molecular flexibility index (Phi) is 2.49. The number of anilines is 1. The predicted molar refractivity (Wildman–Crippen MR) is 54.4 cm³/mol. The van der Waals surface area contributed by atoms with Gasteiger partial charge in [0.05, 0.1) is 0 Å². The molecule has 5 nitrogen and oxygen atoms in total. The van der Waals surface area contributed by atoms with E-state index < -0.39 is 0 Å². The first-order valence-corrected chi connectivity index (χ1v) is 4.76. The first-order valence-electron chi connectivity index (χ1n) is 4.76. The van der Waals surface area contributed by atoms with E-state index in [0.29, 0.717) is 11.9 Å². The molecule has 76 valence electrons.